The Morgan fingerprint density at radius 2 is 1.93 bits per heavy atom. The molecule has 0 aromatic heterocycles. The predicted molar refractivity (Wildman–Crippen MR) is 114 cm³/mol. The van der Waals surface area contributed by atoms with Gasteiger partial charge in [0.2, 0.25) is 15.9 Å². The number of anilines is 1. The number of sulfonamides is 1. The lowest BCUT2D eigenvalue weighted by Gasteiger charge is -2.22. The molecule has 5 nitrogen and oxygen atoms in total. The molecule has 2 rings (SSSR count). The summed E-state index contributed by atoms with van der Waals surface area (Å²) >= 11 is 1.59. The van der Waals surface area contributed by atoms with Crippen LogP contribution in [0.4, 0.5) is 10.1 Å². The summed E-state index contributed by atoms with van der Waals surface area (Å²) in [6.45, 7) is 2.04. The summed E-state index contributed by atoms with van der Waals surface area (Å²) in [5.74, 6) is 0.782. The lowest BCUT2D eigenvalue weighted by atomic mass is 10.2. The maximum atomic E-state index is 13.5. The van der Waals surface area contributed by atoms with Gasteiger partial charge < -0.3 is 5.32 Å². The number of amides is 1. The van der Waals surface area contributed by atoms with Gasteiger partial charge in [0.15, 0.2) is 0 Å². The molecule has 0 saturated heterocycles. The molecule has 0 saturated carbocycles. The molecule has 0 unspecified atom stereocenters. The van der Waals surface area contributed by atoms with Crippen LogP contribution < -0.4 is 9.62 Å². The Bertz CT molecular complexity index is 904. The van der Waals surface area contributed by atoms with Crippen LogP contribution in [0, 0.1) is 12.7 Å². The number of thioether (sulfide) groups is 1. The highest BCUT2D eigenvalue weighted by atomic mass is 32.2. The summed E-state index contributed by atoms with van der Waals surface area (Å²) in [5, 5.41) is 2.75. The van der Waals surface area contributed by atoms with Gasteiger partial charge >= 0.3 is 0 Å². The fourth-order valence-corrected chi connectivity index (χ4v) is 4.36. The van der Waals surface area contributed by atoms with Gasteiger partial charge in [0, 0.05) is 12.3 Å². The van der Waals surface area contributed by atoms with E-state index in [4.69, 9.17) is 0 Å². The van der Waals surface area contributed by atoms with Crippen LogP contribution >= 0.6 is 11.8 Å². The van der Waals surface area contributed by atoms with Crippen LogP contribution in [0.15, 0.2) is 48.5 Å². The Hall–Kier alpha value is -2.06. The average molecular weight is 425 g/mol. The molecule has 1 amide bonds. The number of aryl methyl sites for hydroxylation is 1. The van der Waals surface area contributed by atoms with Gasteiger partial charge in [-0.25, -0.2) is 12.8 Å². The van der Waals surface area contributed by atoms with E-state index in [2.05, 4.69) is 5.32 Å². The smallest absolute Gasteiger partial charge is 0.240 e. The summed E-state index contributed by atoms with van der Waals surface area (Å²) in [7, 11) is -3.57. The van der Waals surface area contributed by atoms with Crippen molar-refractivity contribution >= 4 is 33.4 Å². The molecule has 0 spiro atoms. The summed E-state index contributed by atoms with van der Waals surface area (Å²) < 4.78 is 38.8. The Labute approximate surface area is 170 Å². The zero-order valence-corrected chi connectivity index (χ0v) is 17.7. The van der Waals surface area contributed by atoms with E-state index in [0.29, 0.717) is 30.0 Å². The average Bonchev–Trinajstić information content (AvgIpc) is 2.63. The molecule has 0 aliphatic rings. The van der Waals surface area contributed by atoms with Crippen molar-refractivity contribution in [3.8, 4) is 0 Å². The summed E-state index contributed by atoms with van der Waals surface area (Å²) in [5.41, 5.74) is 2.05. The van der Waals surface area contributed by atoms with Gasteiger partial charge in [0.25, 0.3) is 0 Å². The van der Waals surface area contributed by atoms with Crippen molar-refractivity contribution in [2.45, 2.75) is 19.1 Å². The first kappa shape index (κ1) is 22.2. The number of carbonyl (C=O) groups is 1. The molecule has 0 atom stereocenters. The van der Waals surface area contributed by atoms with E-state index < -0.39 is 10.0 Å². The molecule has 0 bridgehead atoms. The number of hydrogen-bond acceptors (Lipinski definition) is 4. The van der Waals surface area contributed by atoms with Crippen molar-refractivity contribution in [2.24, 2.45) is 0 Å². The second kappa shape index (κ2) is 10.5. The quantitative estimate of drug-likeness (QED) is 0.594. The highest BCUT2D eigenvalue weighted by molar-refractivity contribution is 7.98. The van der Waals surface area contributed by atoms with Gasteiger partial charge in [-0.1, -0.05) is 30.3 Å². The van der Waals surface area contributed by atoms with E-state index >= 15 is 0 Å². The molecule has 152 valence electrons. The maximum Gasteiger partial charge on any atom is 0.240 e. The summed E-state index contributed by atoms with van der Waals surface area (Å²) in [6, 6.07) is 13.7. The van der Waals surface area contributed by atoms with Gasteiger partial charge in [0.1, 0.15) is 12.4 Å². The third kappa shape index (κ3) is 7.16. The molecular formula is C20H25FN2O3S2. The van der Waals surface area contributed by atoms with Crippen LogP contribution in [0.1, 0.15) is 17.5 Å². The van der Waals surface area contributed by atoms with E-state index in [1.807, 2.05) is 13.0 Å². The molecule has 0 fully saturated rings. The zero-order chi connectivity index (χ0) is 20.6. The second-order valence-corrected chi connectivity index (χ2v) is 9.47. The van der Waals surface area contributed by atoms with Crippen LogP contribution in [-0.2, 0) is 20.6 Å². The lowest BCUT2D eigenvalue weighted by molar-refractivity contribution is -0.119. The van der Waals surface area contributed by atoms with Gasteiger partial charge in [0.05, 0.1) is 11.9 Å². The van der Waals surface area contributed by atoms with Crippen molar-refractivity contribution in [2.75, 3.05) is 29.4 Å². The predicted octanol–water partition coefficient (Wildman–Crippen LogP) is 3.34. The fourth-order valence-electron chi connectivity index (χ4n) is 2.57. The monoisotopic (exact) mass is 424 g/mol. The third-order valence-corrected chi connectivity index (χ3v) is 6.21. The minimum absolute atomic E-state index is 0.208. The fraction of sp³-hybridized carbons (Fsp3) is 0.350. The van der Waals surface area contributed by atoms with Crippen LogP contribution in [-0.4, -0.2) is 39.4 Å². The lowest BCUT2D eigenvalue weighted by Crippen LogP contribution is -2.40. The minimum Gasteiger partial charge on any atom is -0.354 e. The van der Waals surface area contributed by atoms with Crippen LogP contribution in [0.25, 0.3) is 0 Å². The molecule has 0 aliphatic carbocycles. The Kier molecular flexibility index (Phi) is 8.32. The van der Waals surface area contributed by atoms with E-state index in [1.165, 1.54) is 6.07 Å². The molecule has 2 aromatic rings. The number of nitrogens with zero attached hydrogens (tertiary/aromatic N) is 1. The van der Waals surface area contributed by atoms with Crippen molar-refractivity contribution in [3.63, 3.8) is 0 Å². The number of hydrogen-bond donors (Lipinski definition) is 1. The first-order valence-electron chi connectivity index (χ1n) is 8.89. The summed E-state index contributed by atoms with van der Waals surface area (Å²) in [6.07, 6.45) is 1.80. The Morgan fingerprint density at radius 3 is 2.61 bits per heavy atom. The first-order chi connectivity index (χ1) is 13.3. The van der Waals surface area contributed by atoms with Crippen molar-refractivity contribution < 1.29 is 17.6 Å². The molecular weight excluding hydrogens is 399 g/mol. The highest BCUT2D eigenvalue weighted by Crippen LogP contribution is 2.18. The molecule has 1 N–H and O–H groups in total. The summed E-state index contributed by atoms with van der Waals surface area (Å²) in [4.78, 5) is 12.2. The Balaban J connectivity index is 1.76. The standard InChI is InChI=1S/C20H25FN2O3S2/c1-16-7-5-9-18(13-16)23(28(2,25)26)14-20(24)22-11-6-12-27-15-17-8-3-4-10-19(17)21/h3-5,7-10,13H,6,11-12,14-15H2,1-2H3,(H,22,24). The number of rotatable bonds is 10. The van der Waals surface area contributed by atoms with E-state index in [0.717, 1.165) is 21.9 Å². The minimum atomic E-state index is -3.57. The molecule has 0 heterocycles. The van der Waals surface area contributed by atoms with Crippen molar-refractivity contribution in [3.05, 3.63) is 65.5 Å². The highest BCUT2D eigenvalue weighted by Gasteiger charge is 2.20. The molecule has 0 radical (unpaired) electrons. The molecule has 0 aliphatic heterocycles. The maximum absolute atomic E-state index is 13.5. The molecule has 28 heavy (non-hydrogen) atoms. The number of benzene rings is 2. The number of halogens is 1. The third-order valence-electron chi connectivity index (χ3n) is 3.98. The van der Waals surface area contributed by atoms with Gasteiger partial charge in [-0.2, -0.15) is 11.8 Å². The van der Waals surface area contributed by atoms with Crippen molar-refractivity contribution in [1.29, 1.82) is 0 Å². The largest absolute Gasteiger partial charge is 0.354 e. The normalized spacial score (nSPS) is 11.2. The SMILES string of the molecule is Cc1cccc(N(CC(=O)NCCCSCc2ccccc2F)S(C)(=O)=O)c1. The van der Waals surface area contributed by atoms with Gasteiger partial charge in [-0.15, -0.1) is 0 Å². The van der Waals surface area contributed by atoms with Crippen LogP contribution in [0.3, 0.4) is 0 Å². The zero-order valence-electron chi connectivity index (χ0n) is 16.0. The van der Waals surface area contributed by atoms with Crippen LogP contribution in [0.5, 0.6) is 0 Å². The van der Waals surface area contributed by atoms with Gasteiger partial charge in [-0.3, -0.25) is 9.10 Å². The number of nitrogens with one attached hydrogen (secondary N) is 1. The van der Waals surface area contributed by atoms with Crippen LogP contribution in [0.2, 0.25) is 0 Å². The molecule has 2 aromatic carbocycles. The topological polar surface area (TPSA) is 66.5 Å². The van der Waals surface area contributed by atoms with E-state index in [-0.39, 0.29) is 18.3 Å². The number of carbonyl (C=O) groups excluding carboxylic acids is 1. The second-order valence-electron chi connectivity index (χ2n) is 6.46. The van der Waals surface area contributed by atoms with Crippen molar-refractivity contribution in [1.82, 2.24) is 5.32 Å². The van der Waals surface area contributed by atoms with E-state index in [1.54, 1.807) is 48.2 Å². The van der Waals surface area contributed by atoms with Gasteiger partial charge in [-0.05, 0) is 48.4 Å². The Morgan fingerprint density at radius 1 is 1.18 bits per heavy atom. The van der Waals surface area contributed by atoms with E-state index in [9.17, 15) is 17.6 Å². The molecule has 8 heteroatoms. The first-order valence-corrected chi connectivity index (χ1v) is 11.9.